The van der Waals surface area contributed by atoms with Crippen LogP contribution in [0.25, 0.3) is 11.0 Å². The summed E-state index contributed by atoms with van der Waals surface area (Å²) in [4.78, 5) is 30.9. The molecule has 3 aromatic rings. The predicted molar refractivity (Wildman–Crippen MR) is 137 cm³/mol. The van der Waals surface area contributed by atoms with Crippen molar-refractivity contribution in [2.45, 2.75) is 32.7 Å². The highest BCUT2D eigenvalue weighted by Crippen LogP contribution is 2.41. The first-order chi connectivity index (χ1) is 16.8. The molecular weight excluding hydrogens is 468 g/mol. The lowest BCUT2D eigenvalue weighted by Crippen LogP contribution is -2.35. The number of fused-ring (bicyclic) bond motifs is 2. The Morgan fingerprint density at radius 2 is 1.86 bits per heavy atom. The van der Waals surface area contributed by atoms with E-state index in [2.05, 4.69) is 6.92 Å². The van der Waals surface area contributed by atoms with Crippen molar-refractivity contribution in [2.75, 3.05) is 40.4 Å². The van der Waals surface area contributed by atoms with Crippen LogP contribution in [-0.2, 0) is 0 Å². The molecule has 0 bridgehead atoms. The highest BCUT2D eigenvalue weighted by atomic mass is 35.5. The van der Waals surface area contributed by atoms with Crippen LogP contribution in [0.4, 0.5) is 0 Å². The van der Waals surface area contributed by atoms with Crippen LogP contribution in [0, 0.1) is 0 Å². The number of hydrogen-bond acceptors (Lipinski definition) is 6. The maximum Gasteiger partial charge on any atom is 0.290 e. The molecule has 8 heteroatoms. The van der Waals surface area contributed by atoms with Crippen LogP contribution in [0.2, 0.25) is 5.02 Å². The molecule has 0 radical (unpaired) electrons. The highest BCUT2D eigenvalue weighted by Gasteiger charge is 2.42. The molecule has 35 heavy (non-hydrogen) atoms. The van der Waals surface area contributed by atoms with Crippen molar-refractivity contribution in [1.29, 1.82) is 0 Å². The monoisotopic (exact) mass is 498 g/mol. The van der Waals surface area contributed by atoms with E-state index < -0.39 is 6.04 Å². The zero-order valence-corrected chi connectivity index (χ0v) is 21.4. The summed E-state index contributed by atoms with van der Waals surface area (Å²) in [6, 6.07) is 9.85. The number of halogens is 1. The zero-order valence-electron chi connectivity index (χ0n) is 20.6. The second-order valence-corrected chi connectivity index (χ2v) is 9.30. The summed E-state index contributed by atoms with van der Waals surface area (Å²) in [5, 5.41) is 0.787. The third-order valence-corrected chi connectivity index (χ3v) is 6.29. The van der Waals surface area contributed by atoms with Crippen LogP contribution in [-0.4, -0.2) is 56.1 Å². The van der Waals surface area contributed by atoms with Gasteiger partial charge in [0.1, 0.15) is 5.58 Å². The second kappa shape index (κ2) is 10.7. The van der Waals surface area contributed by atoms with E-state index in [9.17, 15) is 9.59 Å². The number of likely N-dealkylation sites (N-methyl/N-ethyl adjacent to an activating group) is 1. The fourth-order valence-corrected chi connectivity index (χ4v) is 4.46. The number of nitrogens with zero attached hydrogens (tertiary/aromatic N) is 2. The lowest BCUT2D eigenvalue weighted by molar-refractivity contribution is 0.0716. The largest absolute Gasteiger partial charge is 0.490 e. The molecule has 1 aliphatic heterocycles. The summed E-state index contributed by atoms with van der Waals surface area (Å²) in [5.41, 5.74) is 1.17. The first kappa shape index (κ1) is 25.1. The SMILES string of the molecule is CCCCOc1ccc(C2c3c(oc4ccc(Cl)cc4c3=O)C(=O)N2CCN(C)C)cc1OCC. The van der Waals surface area contributed by atoms with E-state index in [1.54, 1.807) is 23.1 Å². The summed E-state index contributed by atoms with van der Waals surface area (Å²) < 4.78 is 17.8. The van der Waals surface area contributed by atoms with E-state index in [4.69, 9.17) is 25.5 Å². The molecule has 0 spiro atoms. The van der Waals surface area contributed by atoms with Gasteiger partial charge >= 0.3 is 0 Å². The number of ether oxygens (including phenoxy) is 2. The highest BCUT2D eigenvalue weighted by molar-refractivity contribution is 6.31. The third kappa shape index (κ3) is 5.02. The summed E-state index contributed by atoms with van der Waals surface area (Å²) >= 11 is 6.17. The Labute approximate surface area is 210 Å². The first-order valence-corrected chi connectivity index (χ1v) is 12.3. The molecule has 1 atom stereocenters. The molecule has 2 aromatic carbocycles. The van der Waals surface area contributed by atoms with Gasteiger partial charge in [0.05, 0.1) is 30.2 Å². The van der Waals surface area contributed by atoms with Gasteiger partial charge in [0.2, 0.25) is 5.76 Å². The van der Waals surface area contributed by atoms with Crippen molar-refractivity contribution in [1.82, 2.24) is 9.80 Å². The van der Waals surface area contributed by atoms with E-state index in [0.29, 0.717) is 59.4 Å². The van der Waals surface area contributed by atoms with Crippen LogP contribution >= 0.6 is 11.6 Å². The van der Waals surface area contributed by atoms with Gasteiger partial charge in [-0.3, -0.25) is 9.59 Å². The molecule has 7 nitrogen and oxygen atoms in total. The number of rotatable bonds is 10. The Balaban J connectivity index is 1.86. The summed E-state index contributed by atoms with van der Waals surface area (Å²) in [5.74, 6) is 1.00. The van der Waals surface area contributed by atoms with Crippen molar-refractivity contribution in [3.63, 3.8) is 0 Å². The Morgan fingerprint density at radius 1 is 1.06 bits per heavy atom. The van der Waals surface area contributed by atoms with Gasteiger partial charge < -0.3 is 23.7 Å². The molecule has 2 heterocycles. The summed E-state index contributed by atoms with van der Waals surface area (Å²) in [7, 11) is 3.88. The Bertz CT molecular complexity index is 1290. The van der Waals surface area contributed by atoms with E-state index >= 15 is 0 Å². The molecule has 4 rings (SSSR count). The van der Waals surface area contributed by atoms with E-state index in [1.807, 2.05) is 44.1 Å². The topological polar surface area (TPSA) is 72.2 Å². The number of unbranched alkanes of at least 4 members (excludes halogenated alkanes) is 1. The molecule has 0 saturated carbocycles. The van der Waals surface area contributed by atoms with Crippen molar-refractivity contribution in [2.24, 2.45) is 0 Å². The first-order valence-electron chi connectivity index (χ1n) is 12.0. The molecule has 1 aromatic heterocycles. The summed E-state index contributed by atoms with van der Waals surface area (Å²) in [6.07, 6.45) is 1.96. The predicted octanol–water partition coefficient (Wildman–Crippen LogP) is 5.13. The van der Waals surface area contributed by atoms with E-state index in [0.717, 1.165) is 18.4 Å². The van der Waals surface area contributed by atoms with Gasteiger partial charge in [0.25, 0.3) is 5.91 Å². The van der Waals surface area contributed by atoms with Crippen LogP contribution in [0.3, 0.4) is 0 Å². The summed E-state index contributed by atoms with van der Waals surface area (Å²) in [6.45, 7) is 6.12. The molecule has 186 valence electrons. The maximum absolute atomic E-state index is 13.7. The number of carbonyl (C=O) groups excluding carboxylic acids is 1. The van der Waals surface area contributed by atoms with Crippen LogP contribution in [0.5, 0.6) is 11.5 Å². The average Bonchev–Trinajstić information content (AvgIpc) is 3.11. The third-order valence-electron chi connectivity index (χ3n) is 6.05. The fraction of sp³-hybridized carbons (Fsp3) is 0.407. The zero-order chi connectivity index (χ0) is 25.1. The van der Waals surface area contributed by atoms with E-state index in [-0.39, 0.29) is 17.1 Å². The van der Waals surface area contributed by atoms with Gasteiger partial charge in [-0.15, -0.1) is 0 Å². The minimum atomic E-state index is -0.610. The Hall–Kier alpha value is -3.03. The van der Waals surface area contributed by atoms with Crippen LogP contribution in [0.15, 0.2) is 45.6 Å². The minimum Gasteiger partial charge on any atom is -0.490 e. The van der Waals surface area contributed by atoms with Crippen molar-refractivity contribution >= 4 is 28.5 Å². The molecule has 0 saturated heterocycles. The fourth-order valence-electron chi connectivity index (χ4n) is 4.29. The van der Waals surface area contributed by atoms with Crippen molar-refractivity contribution in [3.8, 4) is 11.5 Å². The Morgan fingerprint density at radius 3 is 2.57 bits per heavy atom. The Kier molecular flexibility index (Phi) is 7.67. The lowest BCUT2D eigenvalue weighted by atomic mass is 9.98. The smallest absolute Gasteiger partial charge is 0.290 e. The molecule has 1 amide bonds. The van der Waals surface area contributed by atoms with Crippen LogP contribution in [0.1, 0.15) is 54.4 Å². The average molecular weight is 499 g/mol. The quantitative estimate of drug-likeness (QED) is 0.361. The second-order valence-electron chi connectivity index (χ2n) is 8.86. The van der Waals surface area contributed by atoms with Gasteiger partial charge in [-0.05, 0) is 63.3 Å². The number of benzene rings is 2. The molecule has 0 aliphatic carbocycles. The normalized spacial score (nSPS) is 15.2. The molecule has 1 aliphatic rings. The number of hydrogen-bond donors (Lipinski definition) is 0. The minimum absolute atomic E-state index is 0.0785. The molecular formula is C27H31ClN2O5. The van der Waals surface area contributed by atoms with Gasteiger partial charge in [-0.2, -0.15) is 0 Å². The molecule has 0 N–H and O–H groups in total. The molecule has 0 fully saturated rings. The van der Waals surface area contributed by atoms with Crippen molar-refractivity contribution in [3.05, 3.63) is 68.5 Å². The van der Waals surface area contributed by atoms with Gasteiger partial charge in [-0.25, -0.2) is 0 Å². The lowest BCUT2D eigenvalue weighted by Gasteiger charge is -2.27. The number of amides is 1. The molecule has 1 unspecified atom stereocenters. The van der Waals surface area contributed by atoms with E-state index in [1.165, 1.54) is 0 Å². The number of carbonyl (C=O) groups is 1. The van der Waals surface area contributed by atoms with Crippen molar-refractivity contribution < 1.29 is 18.7 Å². The van der Waals surface area contributed by atoms with Crippen LogP contribution < -0.4 is 14.9 Å². The van der Waals surface area contributed by atoms with Gasteiger partial charge in [-0.1, -0.05) is 31.0 Å². The standard InChI is InChI=1S/C27H31ClN2O5/c1-5-7-14-34-21-10-8-17(15-22(21)33-6-2)24-23-25(31)19-16-18(28)9-11-20(19)35-26(23)27(32)30(24)13-12-29(3)4/h8-11,15-16,24H,5-7,12-14H2,1-4H3. The maximum atomic E-state index is 13.7. The van der Waals surface area contributed by atoms with Gasteiger partial charge in [0, 0.05) is 18.1 Å². The van der Waals surface area contributed by atoms with Gasteiger partial charge in [0.15, 0.2) is 16.9 Å².